The number of para-hydroxylation sites is 1. The number of nitrogens with one attached hydrogen (secondary N) is 1. The molecule has 8 heteroatoms. The number of hydrogen-bond donors (Lipinski definition) is 1. The molecule has 3 heterocycles. The first kappa shape index (κ1) is 20.1. The second kappa shape index (κ2) is 8.69. The molecule has 0 radical (unpaired) electrons. The SMILES string of the molecule is CCC(=O)N1CCC(Nc2ncc3c(n2)N(c2ccccc2)C(=O)N(CC)C3)CC1. The van der Waals surface area contributed by atoms with E-state index < -0.39 is 0 Å². The van der Waals surface area contributed by atoms with Crippen LogP contribution in [0, 0.1) is 0 Å². The molecule has 1 saturated heterocycles. The van der Waals surface area contributed by atoms with Gasteiger partial charge in [0, 0.05) is 43.9 Å². The van der Waals surface area contributed by atoms with Gasteiger partial charge in [0.25, 0.3) is 0 Å². The van der Waals surface area contributed by atoms with Gasteiger partial charge in [-0.1, -0.05) is 25.1 Å². The lowest BCUT2D eigenvalue weighted by atomic mass is 10.0. The summed E-state index contributed by atoms with van der Waals surface area (Å²) in [7, 11) is 0. The molecule has 2 aromatic rings. The molecule has 3 amide bonds. The van der Waals surface area contributed by atoms with E-state index in [1.54, 1.807) is 9.80 Å². The van der Waals surface area contributed by atoms with E-state index in [9.17, 15) is 9.59 Å². The predicted octanol–water partition coefficient (Wildman–Crippen LogP) is 3.38. The van der Waals surface area contributed by atoms with Gasteiger partial charge in [0.2, 0.25) is 11.9 Å². The minimum atomic E-state index is -0.0766. The van der Waals surface area contributed by atoms with Gasteiger partial charge in [-0.05, 0) is 31.9 Å². The van der Waals surface area contributed by atoms with Crippen LogP contribution in [0.15, 0.2) is 36.5 Å². The summed E-state index contributed by atoms with van der Waals surface area (Å²) >= 11 is 0. The summed E-state index contributed by atoms with van der Waals surface area (Å²) in [6.07, 6.45) is 4.07. The van der Waals surface area contributed by atoms with Crippen LogP contribution in [0.25, 0.3) is 0 Å². The van der Waals surface area contributed by atoms with Crippen molar-refractivity contribution in [3.8, 4) is 0 Å². The van der Waals surface area contributed by atoms with Crippen LogP contribution >= 0.6 is 0 Å². The molecule has 158 valence electrons. The van der Waals surface area contributed by atoms with E-state index in [4.69, 9.17) is 4.98 Å². The molecular weight excluding hydrogens is 380 g/mol. The maximum absolute atomic E-state index is 13.1. The van der Waals surface area contributed by atoms with Crippen molar-refractivity contribution in [2.24, 2.45) is 0 Å². The number of piperidine rings is 1. The number of rotatable bonds is 5. The van der Waals surface area contributed by atoms with Crippen LogP contribution in [0.3, 0.4) is 0 Å². The fourth-order valence-electron chi connectivity index (χ4n) is 4.01. The van der Waals surface area contributed by atoms with Crippen molar-refractivity contribution in [3.63, 3.8) is 0 Å². The summed E-state index contributed by atoms with van der Waals surface area (Å²) in [5.41, 5.74) is 1.71. The van der Waals surface area contributed by atoms with E-state index in [0.29, 0.717) is 31.3 Å². The number of carbonyl (C=O) groups excluding carboxylic acids is 2. The number of likely N-dealkylation sites (tertiary alicyclic amines) is 1. The molecular formula is C22H28N6O2. The Kier molecular flexibility index (Phi) is 5.83. The maximum atomic E-state index is 13.1. The van der Waals surface area contributed by atoms with Crippen molar-refractivity contribution in [2.45, 2.75) is 45.7 Å². The third-order valence-corrected chi connectivity index (χ3v) is 5.76. The second-order valence-corrected chi connectivity index (χ2v) is 7.66. The van der Waals surface area contributed by atoms with Crippen LogP contribution in [-0.4, -0.2) is 57.4 Å². The first-order chi connectivity index (χ1) is 14.6. The highest BCUT2D eigenvalue weighted by atomic mass is 16.2. The summed E-state index contributed by atoms with van der Waals surface area (Å²) in [5, 5.41) is 3.41. The van der Waals surface area contributed by atoms with Crippen molar-refractivity contribution in [1.29, 1.82) is 0 Å². The lowest BCUT2D eigenvalue weighted by molar-refractivity contribution is -0.131. The Bertz CT molecular complexity index is 911. The zero-order valence-electron chi connectivity index (χ0n) is 17.5. The highest BCUT2D eigenvalue weighted by Gasteiger charge is 2.33. The van der Waals surface area contributed by atoms with Crippen molar-refractivity contribution in [3.05, 3.63) is 42.1 Å². The molecule has 0 unspecified atom stereocenters. The lowest BCUT2D eigenvalue weighted by Gasteiger charge is -2.36. The van der Waals surface area contributed by atoms with Crippen molar-refractivity contribution in [2.75, 3.05) is 29.9 Å². The quantitative estimate of drug-likeness (QED) is 0.820. The summed E-state index contributed by atoms with van der Waals surface area (Å²) in [6.45, 7) is 6.48. The van der Waals surface area contributed by atoms with Gasteiger partial charge in [0.15, 0.2) is 5.82 Å². The third-order valence-electron chi connectivity index (χ3n) is 5.76. The number of amides is 3. The van der Waals surface area contributed by atoms with Crippen LogP contribution < -0.4 is 10.2 Å². The smallest absolute Gasteiger partial charge is 0.330 e. The molecule has 4 rings (SSSR count). The molecule has 1 aromatic carbocycles. The maximum Gasteiger partial charge on any atom is 0.330 e. The Hall–Kier alpha value is -3.16. The average molecular weight is 409 g/mol. The molecule has 1 aromatic heterocycles. The van der Waals surface area contributed by atoms with Gasteiger partial charge in [0.05, 0.1) is 12.2 Å². The Morgan fingerprint density at radius 3 is 2.57 bits per heavy atom. The van der Waals surface area contributed by atoms with Crippen molar-refractivity contribution >= 4 is 29.4 Å². The molecule has 2 aliphatic heterocycles. The standard InChI is InChI=1S/C22H28N6O2/c1-3-19(29)27-12-10-17(11-13-27)24-21-23-14-16-15-26(4-2)22(30)28(20(16)25-21)18-8-6-5-7-9-18/h5-9,14,17H,3-4,10-13,15H2,1-2H3,(H,23,24,25). The van der Waals surface area contributed by atoms with E-state index in [1.807, 2.05) is 55.3 Å². The molecule has 0 bridgehead atoms. The van der Waals surface area contributed by atoms with Crippen LogP contribution in [0.4, 0.5) is 22.2 Å². The summed E-state index contributed by atoms with van der Waals surface area (Å²) in [6, 6.07) is 9.72. The van der Waals surface area contributed by atoms with Crippen molar-refractivity contribution in [1.82, 2.24) is 19.8 Å². The zero-order valence-corrected chi connectivity index (χ0v) is 17.5. The van der Waals surface area contributed by atoms with Gasteiger partial charge in [-0.3, -0.25) is 4.79 Å². The van der Waals surface area contributed by atoms with Gasteiger partial charge < -0.3 is 15.1 Å². The Labute approximate surface area is 176 Å². The fraction of sp³-hybridized carbons (Fsp3) is 0.455. The Morgan fingerprint density at radius 2 is 1.90 bits per heavy atom. The topological polar surface area (TPSA) is 81.7 Å². The predicted molar refractivity (Wildman–Crippen MR) is 116 cm³/mol. The van der Waals surface area contributed by atoms with Crippen LogP contribution in [0.2, 0.25) is 0 Å². The van der Waals surface area contributed by atoms with E-state index in [0.717, 1.165) is 37.2 Å². The highest BCUT2D eigenvalue weighted by molar-refractivity contribution is 6.00. The van der Waals surface area contributed by atoms with Crippen LogP contribution in [0.5, 0.6) is 0 Å². The van der Waals surface area contributed by atoms with Gasteiger partial charge in [-0.25, -0.2) is 14.7 Å². The van der Waals surface area contributed by atoms with Gasteiger partial charge in [-0.15, -0.1) is 0 Å². The van der Waals surface area contributed by atoms with Crippen molar-refractivity contribution < 1.29 is 9.59 Å². The summed E-state index contributed by atoms with van der Waals surface area (Å²) in [5.74, 6) is 1.36. The van der Waals surface area contributed by atoms with Gasteiger partial charge >= 0.3 is 6.03 Å². The largest absolute Gasteiger partial charge is 0.351 e. The number of nitrogens with zero attached hydrogens (tertiary/aromatic N) is 5. The first-order valence-electron chi connectivity index (χ1n) is 10.6. The average Bonchev–Trinajstić information content (AvgIpc) is 2.79. The van der Waals surface area contributed by atoms with Crippen LogP contribution in [-0.2, 0) is 11.3 Å². The lowest BCUT2D eigenvalue weighted by Crippen LogP contribution is -2.45. The molecule has 0 saturated carbocycles. The molecule has 1 N–H and O–H groups in total. The zero-order chi connectivity index (χ0) is 21.1. The number of aromatic nitrogens is 2. The molecule has 0 aliphatic carbocycles. The molecule has 0 spiro atoms. The Morgan fingerprint density at radius 1 is 1.17 bits per heavy atom. The first-order valence-corrected chi connectivity index (χ1v) is 10.6. The Balaban J connectivity index is 1.55. The number of benzene rings is 1. The fourth-order valence-corrected chi connectivity index (χ4v) is 4.01. The normalized spacial score (nSPS) is 17.1. The summed E-state index contributed by atoms with van der Waals surface area (Å²) in [4.78, 5) is 39.6. The van der Waals surface area contributed by atoms with E-state index in [-0.39, 0.29) is 18.0 Å². The number of urea groups is 1. The number of hydrogen-bond acceptors (Lipinski definition) is 5. The number of carbonyl (C=O) groups is 2. The number of anilines is 3. The van der Waals surface area contributed by atoms with Gasteiger partial charge in [0.1, 0.15) is 0 Å². The van der Waals surface area contributed by atoms with E-state index in [2.05, 4.69) is 10.3 Å². The van der Waals surface area contributed by atoms with E-state index >= 15 is 0 Å². The summed E-state index contributed by atoms with van der Waals surface area (Å²) < 4.78 is 0. The number of fused-ring (bicyclic) bond motifs is 1. The monoisotopic (exact) mass is 408 g/mol. The third kappa shape index (κ3) is 3.94. The van der Waals surface area contributed by atoms with Crippen LogP contribution in [0.1, 0.15) is 38.7 Å². The minimum Gasteiger partial charge on any atom is -0.351 e. The molecule has 8 nitrogen and oxygen atoms in total. The molecule has 1 fully saturated rings. The second-order valence-electron chi connectivity index (χ2n) is 7.66. The minimum absolute atomic E-state index is 0.0766. The molecule has 30 heavy (non-hydrogen) atoms. The highest BCUT2D eigenvalue weighted by Crippen LogP contribution is 2.33. The molecule has 0 atom stereocenters. The van der Waals surface area contributed by atoms with E-state index in [1.165, 1.54) is 0 Å². The van der Waals surface area contributed by atoms with Gasteiger partial charge in [-0.2, -0.15) is 4.98 Å². The molecule has 2 aliphatic rings.